The summed E-state index contributed by atoms with van der Waals surface area (Å²) in [4.78, 5) is 0. The minimum Gasteiger partial charge on any atom is -0.508 e. The van der Waals surface area contributed by atoms with E-state index in [9.17, 15) is 5.11 Å². The Kier molecular flexibility index (Phi) is 5.61. The SMILES string of the molecule is CCCc1c(O)cccc1OCc1ccc(CCc2nn[nH]n2)cc1. The summed E-state index contributed by atoms with van der Waals surface area (Å²) in [6.45, 7) is 2.56. The third-order valence-electron chi connectivity index (χ3n) is 4.05. The van der Waals surface area contributed by atoms with E-state index in [1.54, 1.807) is 6.07 Å². The van der Waals surface area contributed by atoms with Gasteiger partial charge in [0, 0.05) is 12.0 Å². The number of aromatic hydroxyl groups is 1. The van der Waals surface area contributed by atoms with Crippen molar-refractivity contribution in [3.63, 3.8) is 0 Å². The molecule has 3 aromatic rings. The fraction of sp³-hybridized carbons (Fsp3) is 0.316. The fourth-order valence-corrected chi connectivity index (χ4v) is 2.70. The molecule has 2 N–H and O–H groups in total. The van der Waals surface area contributed by atoms with Crippen LogP contribution in [-0.2, 0) is 25.9 Å². The number of nitrogens with zero attached hydrogens (tertiary/aromatic N) is 3. The Morgan fingerprint density at radius 1 is 1.00 bits per heavy atom. The van der Waals surface area contributed by atoms with Gasteiger partial charge in [0.2, 0.25) is 0 Å². The molecular weight excluding hydrogens is 316 g/mol. The van der Waals surface area contributed by atoms with E-state index < -0.39 is 0 Å². The lowest BCUT2D eigenvalue weighted by Crippen LogP contribution is -2.00. The summed E-state index contributed by atoms with van der Waals surface area (Å²) in [6.07, 6.45) is 3.39. The van der Waals surface area contributed by atoms with Gasteiger partial charge in [-0.2, -0.15) is 5.21 Å². The third kappa shape index (κ3) is 4.56. The Morgan fingerprint density at radius 2 is 1.80 bits per heavy atom. The number of hydrogen-bond acceptors (Lipinski definition) is 5. The van der Waals surface area contributed by atoms with Gasteiger partial charge >= 0.3 is 0 Å². The number of nitrogens with one attached hydrogen (secondary N) is 1. The van der Waals surface area contributed by atoms with Gasteiger partial charge in [-0.15, -0.1) is 10.2 Å². The zero-order chi connectivity index (χ0) is 17.5. The Hall–Kier alpha value is -2.89. The van der Waals surface area contributed by atoms with Crippen molar-refractivity contribution in [2.45, 2.75) is 39.2 Å². The summed E-state index contributed by atoms with van der Waals surface area (Å²) < 4.78 is 5.92. The zero-order valence-corrected chi connectivity index (χ0v) is 14.3. The molecule has 0 saturated carbocycles. The monoisotopic (exact) mass is 338 g/mol. The average molecular weight is 338 g/mol. The maximum absolute atomic E-state index is 10.00. The number of aromatic amines is 1. The van der Waals surface area contributed by atoms with Crippen molar-refractivity contribution in [2.75, 3.05) is 0 Å². The molecule has 6 nitrogen and oxygen atoms in total. The number of phenolic OH excluding ortho intramolecular Hbond substituents is 1. The first-order valence-electron chi connectivity index (χ1n) is 8.50. The molecule has 0 spiro atoms. The summed E-state index contributed by atoms with van der Waals surface area (Å²) in [7, 11) is 0. The maximum Gasteiger partial charge on any atom is 0.174 e. The molecule has 0 aliphatic rings. The summed E-state index contributed by atoms with van der Waals surface area (Å²) in [5.41, 5.74) is 3.19. The predicted molar refractivity (Wildman–Crippen MR) is 94.5 cm³/mol. The Morgan fingerprint density at radius 3 is 2.52 bits per heavy atom. The van der Waals surface area contributed by atoms with E-state index in [4.69, 9.17) is 4.74 Å². The van der Waals surface area contributed by atoms with Crippen molar-refractivity contribution in [3.05, 3.63) is 65.0 Å². The Balaban J connectivity index is 1.58. The molecule has 0 bridgehead atoms. The molecule has 0 unspecified atom stereocenters. The molecule has 0 radical (unpaired) electrons. The Labute approximate surface area is 146 Å². The van der Waals surface area contributed by atoms with Crippen LogP contribution in [0.1, 0.15) is 35.9 Å². The van der Waals surface area contributed by atoms with Gasteiger partial charge in [0.1, 0.15) is 18.1 Å². The van der Waals surface area contributed by atoms with Crippen LogP contribution in [0.2, 0.25) is 0 Å². The number of tetrazole rings is 1. The second kappa shape index (κ2) is 8.28. The molecule has 0 aliphatic heterocycles. The number of benzene rings is 2. The Bertz CT molecular complexity index is 786. The molecule has 0 aliphatic carbocycles. The van der Waals surface area contributed by atoms with Gasteiger partial charge in [-0.25, -0.2) is 0 Å². The normalized spacial score (nSPS) is 10.8. The van der Waals surface area contributed by atoms with Gasteiger partial charge in [-0.1, -0.05) is 48.9 Å². The molecule has 0 atom stereocenters. The molecule has 130 valence electrons. The van der Waals surface area contributed by atoms with E-state index in [1.165, 1.54) is 5.56 Å². The molecule has 25 heavy (non-hydrogen) atoms. The summed E-state index contributed by atoms with van der Waals surface area (Å²) in [5.74, 6) is 1.78. The van der Waals surface area contributed by atoms with E-state index in [0.717, 1.165) is 48.4 Å². The topological polar surface area (TPSA) is 83.9 Å². The fourth-order valence-electron chi connectivity index (χ4n) is 2.70. The average Bonchev–Trinajstić information content (AvgIpc) is 3.15. The molecule has 0 amide bonds. The largest absolute Gasteiger partial charge is 0.508 e. The first-order valence-corrected chi connectivity index (χ1v) is 8.50. The third-order valence-corrected chi connectivity index (χ3v) is 4.05. The lowest BCUT2D eigenvalue weighted by atomic mass is 10.1. The number of rotatable bonds is 8. The number of aromatic nitrogens is 4. The molecule has 1 heterocycles. The standard InChI is InChI=1S/C19H22N4O2/c1-2-4-16-17(24)5-3-6-18(16)25-13-15-9-7-14(8-10-15)11-12-19-20-22-23-21-19/h3,5-10,24H,2,4,11-13H2,1H3,(H,20,21,22,23). The smallest absolute Gasteiger partial charge is 0.174 e. The molecular formula is C19H22N4O2. The van der Waals surface area contributed by atoms with Gasteiger partial charge in [-0.3, -0.25) is 0 Å². The van der Waals surface area contributed by atoms with Gasteiger partial charge in [-0.05, 0) is 36.1 Å². The molecule has 0 saturated heterocycles. The molecule has 0 fully saturated rings. The van der Waals surface area contributed by atoms with Gasteiger partial charge in [0.05, 0.1) is 0 Å². The highest BCUT2D eigenvalue weighted by molar-refractivity contribution is 5.44. The summed E-state index contributed by atoms with van der Waals surface area (Å²) in [6, 6.07) is 13.7. The minimum atomic E-state index is 0.302. The van der Waals surface area contributed by atoms with Crippen LogP contribution in [0.15, 0.2) is 42.5 Å². The van der Waals surface area contributed by atoms with Crippen LogP contribution in [-0.4, -0.2) is 25.7 Å². The molecule has 6 heteroatoms. The minimum absolute atomic E-state index is 0.302. The molecule has 3 rings (SSSR count). The van der Waals surface area contributed by atoms with Crippen molar-refractivity contribution in [3.8, 4) is 11.5 Å². The lowest BCUT2D eigenvalue weighted by molar-refractivity contribution is 0.300. The quantitative estimate of drug-likeness (QED) is 0.659. The molecule has 1 aromatic heterocycles. The predicted octanol–water partition coefficient (Wildman–Crippen LogP) is 3.22. The number of aryl methyl sites for hydroxylation is 2. The number of phenols is 1. The van der Waals surface area contributed by atoms with Crippen molar-refractivity contribution < 1.29 is 9.84 Å². The summed E-state index contributed by atoms with van der Waals surface area (Å²) >= 11 is 0. The second-order valence-electron chi connectivity index (χ2n) is 5.94. The van der Waals surface area contributed by atoms with Crippen LogP contribution in [0.25, 0.3) is 0 Å². The number of hydrogen-bond donors (Lipinski definition) is 2. The van der Waals surface area contributed by atoms with E-state index >= 15 is 0 Å². The van der Waals surface area contributed by atoms with E-state index in [-0.39, 0.29) is 0 Å². The first kappa shape index (κ1) is 17.0. The second-order valence-corrected chi connectivity index (χ2v) is 5.94. The van der Waals surface area contributed by atoms with Gasteiger partial charge in [0.25, 0.3) is 0 Å². The summed E-state index contributed by atoms with van der Waals surface area (Å²) in [5, 5.41) is 23.9. The lowest BCUT2D eigenvalue weighted by Gasteiger charge is -2.12. The van der Waals surface area contributed by atoms with Crippen LogP contribution in [0.4, 0.5) is 0 Å². The van der Waals surface area contributed by atoms with E-state index in [2.05, 4.69) is 51.8 Å². The van der Waals surface area contributed by atoms with Crippen molar-refractivity contribution >= 4 is 0 Å². The van der Waals surface area contributed by atoms with E-state index in [0.29, 0.717) is 12.4 Å². The number of H-pyrrole nitrogens is 1. The van der Waals surface area contributed by atoms with Crippen molar-refractivity contribution in [2.24, 2.45) is 0 Å². The van der Waals surface area contributed by atoms with Crippen LogP contribution in [0, 0.1) is 0 Å². The van der Waals surface area contributed by atoms with Crippen LogP contribution < -0.4 is 4.74 Å². The van der Waals surface area contributed by atoms with Crippen molar-refractivity contribution in [1.82, 2.24) is 20.6 Å². The van der Waals surface area contributed by atoms with Gasteiger partial charge < -0.3 is 9.84 Å². The highest BCUT2D eigenvalue weighted by atomic mass is 16.5. The van der Waals surface area contributed by atoms with Crippen LogP contribution >= 0.6 is 0 Å². The molecule has 2 aromatic carbocycles. The first-order chi connectivity index (χ1) is 12.3. The van der Waals surface area contributed by atoms with Crippen LogP contribution in [0.5, 0.6) is 11.5 Å². The number of ether oxygens (including phenoxy) is 1. The zero-order valence-electron chi connectivity index (χ0n) is 14.3. The maximum atomic E-state index is 10.00. The van der Waals surface area contributed by atoms with Crippen molar-refractivity contribution in [1.29, 1.82) is 0 Å². The van der Waals surface area contributed by atoms with Gasteiger partial charge in [0.15, 0.2) is 5.82 Å². The highest BCUT2D eigenvalue weighted by Crippen LogP contribution is 2.29. The van der Waals surface area contributed by atoms with Crippen LogP contribution in [0.3, 0.4) is 0 Å². The highest BCUT2D eigenvalue weighted by Gasteiger charge is 2.08. The van der Waals surface area contributed by atoms with E-state index in [1.807, 2.05) is 12.1 Å².